The number of benzene rings is 1. The summed E-state index contributed by atoms with van der Waals surface area (Å²) in [5, 5.41) is 10.4. The van der Waals surface area contributed by atoms with Gasteiger partial charge in [0.15, 0.2) is 0 Å². The predicted octanol–water partition coefficient (Wildman–Crippen LogP) is 4.51. The molecule has 1 N–H and O–H groups in total. The largest absolute Gasteiger partial charge is 0.495 e. The summed E-state index contributed by atoms with van der Waals surface area (Å²) in [6.45, 7) is 3.28. The summed E-state index contributed by atoms with van der Waals surface area (Å²) in [5.41, 5.74) is -5.59. The average Bonchev–Trinajstić information content (AvgIpc) is 2.53. The Morgan fingerprint density at radius 1 is 1.19 bits per heavy atom. The average molecular weight is 419 g/mol. The molecule has 0 heterocycles. The van der Waals surface area contributed by atoms with Gasteiger partial charge in [-0.15, -0.1) is 0 Å². The van der Waals surface area contributed by atoms with Gasteiger partial charge >= 0.3 is 18.1 Å². The number of carbonyl (C=O) groups is 1. The summed E-state index contributed by atoms with van der Waals surface area (Å²) in [7, 11) is 1.24. The normalized spacial score (nSPS) is 15.2. The molecule has 1 aromatic carbocycles. The van der Waals surface area contributed by atoms with Crippen LogP contribution in [0.3, 0.4) is 0 Å². The van der Waals surface area contributed by atoms with Crippen LogP contribution in [-0.2, 0) is 14.9 Å². The Kier molecular flexibility index (Phi) is 6.76. The van der Waals surface area contributed by atoms with Crippen LogP contribution in [-0.4, -0.2) is 42.5 Å². The Hall–Kier alpha value is -1.61. The number of methoxy groups -OCH3 is 1. The third kappa shape index (κ3) is 4.29. The lowest BCUT2D eigenvalue weighted by molar-refractivity contribution is -0.340. The van der Waals surface area contributed by atoms with E-state index in [0.29, 0.717) is 0 Å². The maximum absolute atomic E-state index is 14.1. The van der Waals surface area contributed by atoms with Crippen LogP contribution < -0.4 is 4.74 Å². The molecular weight excluding hydrogens is 399 g/mol. The molecule has 1 unspecified atom stereocenters. The fourth-order valence-corrected chi connectivity index (χ4v) is 3.03. The van der Waals surface area contributed by atoms with Crippen LogP contribution in [0.2, 0.25) is 5.02 Å². The van der Waals surface area contributed by atoms with Crippen LogP contribution in [0, 0.1) is 0 Å². The van der Waals surface area contributed by atoms with E-state index in [0.717, 1.165) is 0 Å². The molecule has 0 bridgehead atoms. The van der Waals surface area contributed by atoms with Crippen LogP contribution >= 0.6 is 11.6 Å². The van der Waals surface area contributed by atoms with Gasteiger partial charge in [0, 0.05) is 12.0 Å². The molecule has 0 amide bonds. The second-order valence-corrected chi connectivity index (χ2v) is 6.94. The van der Waals surface area contributed by atoms with Gasteiger partial charge in [-0.3, -0.25) is 0 Å². The Morgan fingerprint density at radius 2 is 1.74 bits per heavy atom. The Labute approximate surface area is 158 Å². The number of esters is 1. The van der Waals surface area contributed by atoms with Crippen LogP contribution in [0.15, 0.2) is 18.2 Å². The zero-order valence-electron chi connectivity index (χ0n) is 15.1. The highest BCUT2D eigenvalue weighted by Gasteiger charge is 2.74. The molecule has 0 aromatic heterocycles. The first-order valence-electron chi connectivity index (χ1n) is 7.83. The quantitative estimate of drug-likeness (QED) is 0.523. The van der Waals surface area contributed by atoms with Crippen molar-refractivity contribution >= 4 is 17.6 Å². The number of carbonyl (C=O) groups excluding carboxylic acids is 1. The molecule has 0 radical (unpaired) electrons. The van der Waals surface area contributed by atoms with Crippen molar-refractivity contribution < 1.29 is 41.3 Å². The number of hydrogen-bond donors (Lipinski definition) is 1. The van der Waals surface area contributed by atoms with E-state index in [1.807, 2.05) is 0 Å². The van der Waals surface area contributed by atoms with Crippen molar-refractivity contribution in [2.45, 2.75) is 50.3 Å². The summed E-state index contributed by atoms with van der Waals surface area (Å²) in [6.07, 6.45) is -7.48. The molecule has 10 heteroatoms. The lowest BCUT2D eigenvalue weighted by Gasteiger charge is -2.40. The zero-order chi connectivity index (χ0) is 21.3. The van der Waals surface area contributed by atoms with Crippen molar-refractivity contribution in [1.29, 1.82) is 0 Å². The fourth-order valence-electron chi connectivity index (χ4n) is 2.78. The van der Waals surface area contributed by atoms with Crippen molar-refractivity contribution in [2.75, 3.05) is 13.7 Å². The number of hydrogen-bond acceptors (Lipinski definition) is 4. The molecule has 4 nitrogen and oxygen atoms in total. The number of rotatable bonds is 7. The third-order valence-electron chi connectivity index (χ3n) is 4.09. The van der Waals surface area contributed by atoms with Crippen molar-refractivity contribution in [3.8, 4) is 5.75 Å². The Morgan fingerprint density at radius 3 is 2.19 bits per heavy atom. The molecule has 27 heavy (non-hydrogen) atoms. The number of ether oxygens (including phenoxy) is 2. The maximum atomic E-state index is 14.1. The molecule has 0 fully saturated rings. The van der Waals surface area contributed by atoms with E-state index in [4.69, 9.17) is 16.3 Å². The standard InChI is InChI=1S/C17H20ClF5O4/c1-5-27-13(24)15(25,16(19,20)17(21,22)23)9-14(2,3)10-7-6-8-11(18)12(10)26-4/h6-8,25H,5,9H2,1-4H3. The van der Waals surface area contributed by atoms with Gasteiger partial charge in [0.25, 0.3) is 0 Å². The minimum absolute atomic E-state index is 0.0331. The SMILES string of the molecule is CCOC(=O)C(O)(CC(C)(C)c1cccc(Cl)c1OC)C(F)(F)C(F)(F)F. The molecular formula is C17H20ClF5O4. The molecule has 0 aliphatic rings. The second kappa shape index (κ2) is 7.79. The van der Waals surface area contributed by atoms with Gasteiger partial charge in [0.2, 0.25) is 5.60 Å². The van der Waals surface area contributed by atoms with Crippen molar-refractivity contribution in [2.24, 2.45) is 0 Å². The van der Waals surface area contributed by atoms with Crippen molar-refractivity contribution in [3.05, 3.63) is 28.8 Å². The number of para-hydroxylation sites is 1. The lowest BCUT2D eigenvalue weighted by Crippen LogP contribution is -2.63. The molecule has 0 saturated carbocycles. The summed E-state index contributed by atoms with van der Waals surface area (Å²) >= 11 is 5.97. The van der Waals surface area contributed by atoms with E-state index in [-0.39, 0.29) is 16.3 Å². The van der Waals surface area contributed by atoms with Crippen LogP contribution in [0.4, 0.5) is 22.0 Å². The van der Waals surface area contributed by atoms with Gasteiger partial charge in [-0.2, -0.15) is 22.0 Å². The minimum Gasteiger partial charge on any atom is -0.495 e. The molecule has 1 rings (SSSR count). The number of alkyl halides is 5. The topological polar surface area (TPSA) is 55.8 Å². The second-order valence-electron chi connectivity index (χ2n) is 6.53. The summed E-state index contributed by atoms with van der Waals surface area (Å²) in [5.74, 6) is -7.79. The highest BCUT2D eigenvalue weighted by molar-refractivity contribution is 6.32. The van der Waals surface area contributed by atoms with E-state index in [1.54, 1.807) is 0 Å². The summed E-state index contributed by atoms with van der Waals surface area (Å²) < 4.78 is 76.5. The molecule has 0 spiro atoms. The molecule has 0 aliphatic carbocycles. The lowest BCUT2D eigenvalue weighted by atomic mass is 9.72. The summed E-state index contributed by atoms with van der Waals surface area (Å²) in [4.78, 5) is 12.0. The molecule has 154 valence electrons. The van der Waals surface area contributed by atoms with E-state index in [2.05, 4.69) is 4.74 Å². The van der Waals surface area contributed by atoms with Gasteiger partial charge in [0.1, 0.15) is 5.75 Å². The molecule has 0 saturated heterocycles. The highest BCUT2D eigenvalue weighted by Crippen LogP contribution is 2.50. The van der Waals surface area contributed by atoms with Gasteiger partial charge in [-0.25, -0.2) is 4.79 Å². The Bertz CT molecular complexity index is 690. The van der Waals surface area contributed by atoms with Gasteiger partial charge in [-0.1, -0.05) is 37.6 Å². The first kappa shape index (κ1) is 23.4. The van der Waals surface area contributed by atoms with E-state index >= 15 is 0 Å². The predicted molar refractivity (Wildman–Crippen MR) is 88.2 cm³/mol. The van der Waals surface area contributed by atoms with E-state index in [9.17, 15) is 31.9 Å². The first-order valence-corrected chi connectivity index (χ1v) is 8.20. The smallest absolute Gasteiger partial charge is 0.457 e. The zero-order valence-corrected chi connectivity index (χ0v) is 15.8. The first-order chi connectivity index (χ1) is 12.2. The van der Waals surface area contributed by atoms with Crippen molar-refractivity contribution in [3.63, 3.8) is 0 Å². The van der Waals surface area contributed by atoms with Crippen LogP contribution in [0.25, 0.3) is 0 Å². The van der Waals surface area contributed by atoms with Crippen LogP contribution in [0.1, 0.15) is 32.8 Å². The molecule has 0 aliphatic heterocycles. The van der Waals surface area contributed by atoms with Gasteiger partial charge in [0.05, 0.1) is 18.7 Å². The summed E-state index contributed by atoms with van der Waals surface area (Å²) in [6, 6.07) is 4.26. The maximum Gasteiger partial charge on any atom is 0.457 e. The third-order valence-corrected chi connectivity index (χ3v) is 4.38. The fraction of sp³-hybridized carbons (Fsp3) is 0.588. The van der Waals surface area contributed by atoms with E-state index in [1.165, 1.54) is 46.1 Å². The van der Waals surface area contributed by atoms with Gasteiger partial charge < -0.3 is 14.6 Å². The van der Waals surface area contributed by atoms with Crippen LogP contribution in [0.5, 0.6) is 5.75 Å². The van der Waals surface area contributed by atoms with E-state index < -0.39 is 42.1 Å². The highest BCUT2D eigenvalue weighted by atomic mass is 35.5. The minimum atomic E-state index is -6.18. The molecule has 1 atom stereocenters. The number of halogens is 6. The molecule has 1 aromatic rings. The Balaban J connectivity index is 3.55. The number of aliphatic hydroxyl groups is 1. The van der Waals surface area contributed by atoms with Gasteiger partial charge in [-0.05, 0) is 18.4 Å². The van der Waals surface area contributed by atoms with Crippen molar-refractivity contribution in [1.82, 2.24) is 0 Å². The monoisotopic (exact) mass is 418 g/mol.